The lowest BCUT2D eigenvalue weighted by Crippen LogP contribution is -2.68. The summed E-state index contributed by atoms with van der Waals surface area (Å²) in [6, 6.07) is 5.33. The van der Waals surface area contributed by atoms with E-state index in [9.17, 15) is 4.79 Å². The number of carbonyl (C=O) groups excluding carboxylic acids is 1. The van der Waals surface area contributed by atoms with Gasteiger partial charge in [0.05, 0.1) is 12.2 Å². The Labute approximate surface area is 175 Å². The molecule has 5 atom stereocenters. The average molecular weight is 424 g/mol. The Morgan fingerprint density at radius 1 is 1.10 bits per heavy atom. The van der Waals surface area contributed by atoms with Crippen molar-refractivity contribution in [2.75, 3.05) is 45.4 Å². The molecule has 0 aliphatic carbocycles. The summed E-state index contributed by atoms with van der Waals surface area (Å²) in [4.78, 5) is 14.2. The van der Waals surface area contributed by atoms with Gasteiger partial charge >= 0.3 is 6.09 Å². The summed E-state index contributed by atoms with van der Waals surface area (Å²) in [7, 11) is 3.01. The van der Waals surface area contributed by atoms with Crippen LogP contribution in [0.2, 0.25) is 0 Å². The van der Waals surface area contributed by atoms with E-state index in [1.54, 1.807) is 32.0 Å². The standard InChI is InChI=1S/C20H28N2O8/c1-19(24-3)20(2,25-4)30-17(15(10-21)29-19)16-11-22(18(23)28-16)12-5-6-13-14(9-12)27-8-7-26-13/h5-6,9,15-17H,7-8,10-11,21H2,1-4H3/t15-,16-,17+,19+,20+/m0/s1. The van der Waals surface area contributed by atoms with Crippen molar-refractivity contribution in [3.8, 4) is 11.5 Å². The van der Waals surface area contributed by atoms with Crippen molar-refractivity contribution < 1.29 is 38.0 Å². The van der Waals surface area contributed by atoms with Crippen LogP contribution in [0.25, 0.3) is 0 Å². The quantitative estimate of drug-likeness (QED) is 0.746. The minimum Gasteiger partial charge on any atom is -0.486 e. The number of carbonyl (C=O) groups is 1. The molecule has 1 aromatic rings. The molecule has 0 radical (unpaired) electrons. The van der Waals surface area contributed by atoms with Crippen LogP contribution in [0.1, 0.15) is 13.8 Å². The molecule has 2 fully saturated rings. The molecule has 166 valence electrons. The van der Waals surface area contributed by atoms with E-state index in [4.69, 9.17) is 38.9 Å². The molecule has 10 nitrogen and oxygen atoms in total. The summed E-state index contributed by atoms with van der Waals surface area (Å²) >= 11 is 0. The summed E-state index contributed by atoms with van der Waals surface area (Å²) in [5, 5.41) is 0. The van der Waals surface area contributed by atoms with E-state index in [0.29, 0.717) is 30.4 Å². The third-order valence-corrected chi connectivity index (χ3v) is 5.98. The number of nitrogens with two attached hydrogens (primary N) is 1. The number of amides is 1. The zero-order chi connectivity index (χ0) is 21.5. The smallest absolute Gasteiger partial charge is 0.414 e. The fraction of sp³-hybridized carbons (Fsp3) is 0.650. The molecule has 2 saturated heterocycles. The zero-order valence-electron chi connectivity index (χ0n) is 17.6. The molecular formula is C20H28N2O8. The van der Waals surface area contributed by atoms with Gasteiger partial charge in [-0.05, 0) is 26.0 Å². The van der Waals surface area contributed by atoms with Crippen molar-refractivity contribution in [1.29, 1.82) is 0 Å². The van der Waals surface area contributed by atoms with Gasteiger partial charge in [0.15, 0.2) is 17.6 Å². The highest BCUT2D eigenvalue weighted by Gasteiger charge is 2.59. The van der Waals surface area contributed by atoms with Crippen molar-refractivity contribution in [2.24, 2.45) is 5.73 Å². The lowest BCUT2D eigenvalue weighted by atomic mass is 10.00. The molecule has 1 aromatic carbocycles. The van der Waals surface area contributed by atoms with Gasteiger partial charge in [-0.3, -0.25) is 4.90 Å². The molecular weight excluding hydrogens is 396 g/mol. The highest BCUT2D eigenvalue weighted by molar-refractivity contribution is 5.90. The molecule has 0 saturated carbocycles. The maximum Gasteiger partial charge on any atom is 0.414 e. The summed E-state index contributed by atoms with van der Waals surface area (Å²) in [5.74, 6) is -1.17. The Hall–Kier alpha value is -2.11. The zero-order valence-corrected chi connectivity index (χ0v) is 17.6. The van der Waals surface area contributed by atoms with E-state index in [1.807, 2.05) is 0 Å². The number of methoxy groups -OCH3 is 2. The first kappa shape index (κ1) is 21.1. The summed E-state index contributed by atoms with van der Waals surface area (Å²) in [6.07, 6.45) is -2.31. The van der Waals surface area contributed by atoms with Gasteiger partial charge in [0.1, 0.15) is 25.4 Å². The SMILES string of the molecule is CO[C@]1(C)O[C@@H]([C@@H]2CN(c3ccc4c(c3)OCCO4)C(=O)O2)[C@H](CN)O[C@@]1(C)OC. The van der Waals surface area contributed by atoms with Gasteiger partial charge in [0.2, 0.25) is 11.6 Å². The molecule has 0 spiro atoms. The second-order valence-electron chi connectivity index (χ2n) is 7.63. The first-order valence-corrected chi connectivity index (χ1v) is 9.88. The second-order valence-corrected chi connectivity index (χ2v) is 7.63. The molecule has 30 heavy (non-hydrogen) atoms. The van der Waals surface area contributed by atoms with Crippen LogP contribution in [-0.4, -0.2) is 76.5 Å². The van der Waals surface area contributed by atoms with Crippen LogP contribution in [0.3, 0.4) is 0 Å². The predicted octanol–water partition coefficient (Wildman–Crippen LogP) is 1.25. The third kappa shape index (κ3) is 3.38. The van der Waals surface area contributed by atoms with E-state index >= 15 is 0 Å². The Bertz CT molecular complexity index is 807. The van der Waals surface area contributed by atoms with Crippen LogP contribution in [0, 0.1) is 0 Å². The number of fused-ring (bicyclic) bond motifs is 1. The summed E-state index contributed by atoms with van der Waals surface area (Å²) in [6.45, 7) is 4.80. The largest absolute Gasteiger partial charge is 0.486 e. The number of benzene rings is 1. The van der Waals surface area contributed by atoms with Crippen LogP contribution in [0.4, 0.5) is 10.5 Å². The Morgan fingerprint density at radius 3 is 2.43 bits per heavy atom. The summed E-state index contributed by atoms with van der Waals surface area (Å²) < 4.78 is 40.2. The number of cyclic esters (lactones) is 1. The van der Waals surface area contributed by atoms with Gasteiger partial charge in [-0.15, -0.1) is 0 Å². The van der Waals surface area contributed by atoms with Crippen molar-refractivity contribution >= 4 is 11.8 Å². The number of anilines is 1. The monoisotopic (exact) mass is 424 g/mol. The molecule has 2 N–H and O–H groups in total. The van der Waals surface area contributed by atoms with E-state index in [-0.39, 0.29) is 13.1 Å². The Balaban J connectivity index is 1.56. The van der Waals surface area contributed by atoms with Gasteiger partial charge in [0.25, 0.3) is 0 Å². The van der Waals surface area contributed by atoms with Gasteiger partial charge in [-0.1, -0.05) is 0 Å². The van der Waals surface area contributed by atoms with Crippen molar-refractivity contribution in [1.82, 2.24) is 0 Å². The number of nitrogens with zero attached hydrogens (tertiary/aromatic N) is 1. The molecule has 0 unspecified atom stereocenters. The Kier molecular flexibility index (Phi) is 5.54. The number of hydrogen-bond acceptors (Lipinski definition) is 9. The molecule has 0 bridgehead atoms. The highest BCUT2D eigenvalue weighted by atomic mass is 16.8. The Morgan fingerprint density at radius 2 is 1.77 bits per heavy atom. The normalized spacial score (nSPS) is 36.0. The molecule has 10 heteroatoms. The predicted molar refractivity (Wildman–Crippen MR) is 105 cm³/mol. The van der Waals surface area contributed by atoms with E-state index in [2.05, 4.69) is 0 Å². The van der Waals surface area contributed by atoms with E-state index in [0.717, 1.165) is 0 Å². The number of hydrogen-bond donors (Lipinski definition) is 1. The maximum absolute atomic E-state index is 12.7. The number of ether oxygens (including phenoxy) is 7. The van der Waals surface area contributed by atoms with E-state index < -0.39 is 36.0 Å². The first-order valence-electron chi connectivity index (χ1n) is 9.88. The van der Waals surface area contributed by atoms with Crippen LogP contribution in [0.5, 0.6) is 11.5 Å². The molecule has 4 rings (SSSR count). The molecule has 3 aliphatic heterocycles. The highest BCUT2D eigenvalue weighted by Crippen LogP contribution is 2.42. The van der Waals surface area contributed by atoms with Gasteiger partial charge in [0, 0.05) is 26.8 Å². The van der Waals surface area contributed by atoms with Crippen molar-refractivity contribution in [3.63, 3.8) is 0 Å². The minimum absolute atomic E-state index is 0.154. The lowest BCUT2D eigenvalue weighted by Gasteiger charge is -2.52. The summed E-state index contributed by atoms with van der Waals surface area (Å²) in [5.41, 5.74) is 6.58. The van der Waals surface area contributed by atoms with Crippen molar-refractivity contribution in [2.45, 2.75) is 43.7 Å². The fourth-order valence-corrected chi connectivity index (χ4v) is 3.94. The third-order valence-electron chi connectivity index (χ3n) is 5.98. The first-order chi connectivity index (χ1) is 14.3. The second kappa shape index (κ2) is 7.86. The molecule has 3 heterocycles. The van der Waals surface area contributed by atoms with Gasteiger partial charge in [-0.2, -0.15) is 0 Å². The lowest BCUT2D eigenvalue weighted by molar-refractivity contribution is -0.451. The minimum atomic E-state index is -1.23. The van der Waals surface area contributed by atoms with Gasteiger partial charge in [-0.25, -0.2) is 4.79 Å². The van der Waals surface area contributed by atoms with Crippen LogP contribution in [0.15, 0.2) is 18.2 Å². The molecule has 1 amide bonds. The van der Waals surface area contributed by atoms with Crippen LogP contribution < -0.4 is 20.1 Å². The topological polar surface area (TPSA) is 111 Å². The van der Waals surface area contributed by atoms with E-state index in [1.165, 1.54) is 19.1 Å². The van der Waals surface area contributed by atoms with Gasteiger partial charge < -0.3 is 38.9 Å². The van der Waals surface area contributed by atoms with Crippen molar-refractivity contribution in [3.05, 3.63) is 18.2 Å². The number of rotatable bonds is 5. The van der Waals surface area contributed by atoms with Crippen LogP contribution >= 0.6 is 0 Å². The molecule has 3 aliphatic rings. The van der Waals surface area contributed by atoms with Crippen LogP contribution in [-0.2, 0) is 23.7 Å². The fourth-order valence-electron chi connectivity index (χ4n) is 3.94. The molecule has 0 aromatic heterocycles. The average Bonchev–Trinajstić information content (AvgIpc) is 3.16. The maximum atomic E-state index is 12.7.